The molecule has 2 heterocycles. The van der Waals surface area contributed by atoms with Gasteiger partial charge in [-0.15, -0.1) is 0 Å². The smallest absolute Gasteiger partial charge is 0.291 e. The largest absolute Gasteiger partial charge is 0.459 e. The van der Waals surface area contributed by atoms with Crippen LogP contribution >= 0.6 is 11.6 Å². The Hall–Kier alpha value is -4.75. The van der Waals surface area contributed by atoms with Gasteiger partial charge in [-0.25, -0.2) is 10.4 Å². The third-order valence-electron chi connectivity index (χ3n) is 5.73. The second kappa shape index (κ2) is 10.5. The number of carbonyl (C=O) groups excluding carboxylic acids is 2. The van der Waals surface area contributed by atoms with Crippen molar-refractivity contribution in [2.75, 3.05) is 5.32 Å². The Morgan fingerprint density at radius 1 is 0.892 bits per heavy atom. The zero-order valence-electron chi connectivity index (χ0n) is 19.7. The molecule has 2 aromatic heterocycles. The summed E-state index contributed by atoms with van der Waals surface area (Å²) in [4.78, 5) is 30.1. The van der Waals surface area contributed by atoms with Crippen LogP contribution in [0.25, 0.3) is 22.2 Å². The van der Waals surface area contributed by atoms with Crippen molar-refractivity contribution in [1.82, 2.24) is 10.4 Å². The lowest BCUT2D eigenvalue weighted by Crippen LogP contribution is -2.20. The molecule has 0 aliphatic rings. The molecule has 2 N–H and O–H groups in total. The average molecular weight is 509 g/mol. The van der Waals surface area contributed by atoms with Crippen LogP contribution in [0, 0.1) is 0 Å². The minimum absolute atomic E-state index is 0.229. The Balaban J connectivity index is 1.35. The molecule has 0 fully saturated rings. The Labute approximate surface area is 217 Å². The molecule has 5 rings (SSSR count). The van der Waals surface area contributed by atoms with Gasteiger partial charge in [0.15, 0.2) is 5.76 Å². The summed E-state index contributed by atoms with van der Waals surface area (Å²) in [6, 6.07) is 26.9. The van der Waals surface area contributed by atoms with E-state index in [0.717, 1.165) is 16.5 Å². The van der Waals surface area contributed by atoms with Crippen molar-refractivity contribution < 1.29 is 14.0 Å². The van der Waals surface area contributed by atoms with Crippen LogP contribution in [0.1, 0.15) is 33.4 Å². The normalized spacial score (nSPS) is 11.4. The van der Waals surface area contributed by atoms with Crippen molar-refractivity contribution in [2.45, 2.75) is 6.92 Å². The van der Waals surface area contributed by atoms with Gasteiger partial charge in [0.25, 0.3) is 11.8 Å². The Kier molecular flexibility index (Phi) is 6.78. The highest BCUT2D eigenvalue weighted by molar-refractivity contribution is 6.30. The van der Waals surface area contributed by atoms with E-state index in [1.54, 1.807) is 49.4 Å². The van der Waals surface area contributed by atoms with Crippen molar-refractivity contribution in [3.8, 4) is 11.3 Å². The van der Waals surface area contributed by atoms with E-state index in [9.17, 15) is 9.59 Å². The number of halogens is 1. The van der Waals surface area contributed by atoms with Crippen LogP contribution < -0.4 is 10.7 Å². The molecule has 7 nitrogen and oxygen atoms in total. The van der Waals surface area contributed by atoms with Crippen LogP contribution in [0.2, 0.25) is 5.02 Å². The van der Waals surface area contributed by atoms with Gasteiger partial charge in [-0.2, -0.15) is 5.10 Å². The molecule has 0 bridgehead atoms. The molecule has 5 aromatic rings. The summed E-state index contributed by atoms with van der Waals surface area (Å²) in [6.07, 6.45) is 1.44. The quantitative estimate of drug-likeness (QED) is 0.200. The number of para-hydroxylation sites is 1. The van der Waals surface area contributed by atoms with E-state index >= 15 is 0 Å². The zero-order chi connectivity index (χ0) is 25.8. The summed E-state index contributed by atoms with van der Waals surface area (Å²) in [5.74, 6) is -0.458. The third kappa shape index (κ3) is 5.42. The van der Waals surface area contributed by atoms with E-state index in [2.05, 4.69) is 15.8 Å². The second-order valence-corrected chi connectivity index (χ2v) is 8.66. The fourth-order valence-corrected chi connectivity index (χ4v) is 3.91. The standard InChI is InChI=1S/C29H21ClN4O3/c1-18(19-10-14-22(15-11-19)31-29(36)27-7-4-16-37-27)33-34-28(35)24-17-26(20-8-12-21(30)13-9-20)32-25-6-3-2-5-23(24)25/h2-17H,1H3,(H,31,36)(H,34,35)/b33-18-. The molecule has 0 aliphatic heterocycles. The number of pyridine rings is 1. The molecule has 3 aromatic carbocycles. The average Bonchev–Trinajstić information content (AvgIpc) is 3.47. The van der Waals surface area contributed by atoms with Gasteiger partial charge in [-0.3, -0.25) is 9.59 Å². The summed E-state index contributed by atoms with van der Waals surface area (Å²) < 4.78 is 5.10. The van der Waals surface area contributed by atoms with E-state index in [1.165, 1.54) is 6.26 Å². The molecule has 2 amide bonds. The number of nitrogens with one attached hydrogen (secondary N) is 2. The number of anilines is 1. The van der Waals surface area contributed by atoms with E-state index in [-0.39, 0.29) is 17.6 Å². The Morgan fingerprint density at radius 2 is 1.65 bits per heavy atom. The number of rotatable bonds is 6. The lowest BCUT2D eigenvalue weighted by atomic mass is 10.0. The van der Waals surface area contributed by atoms with E-state index in [0.29, 0.717) is 33.2 Å². The van der Waals surface area contributed by atoms with Gasteiger partial charge in [0.1, 0.15) is 0 Å². The van der Waals surface area contributed by atoms with Crippen LogP contribution in [0.4, 0.5) is 5.69 Å². The lowest BCUT2D eigenvalue weighted by Gasteiger charge is -2.10. The lowest BCUT2D eigenvalue weighted by molar-refractivity contribution is 0.0955. The van der Waals surface area contributed by atoms with Gasteiger partial charge >= 0.3 is 0 Å². The minimum Gasteiger partial charge on any atom is -0.459 e. The maximum Gasteiger partial charge on any atom is 0.291 e. The predicted octanol–water partition coefficient (Wildman–Crippen LogP) is 6.55. The number of nitrogens with zero attached hydrogens (tertiary/aromatic N) is 2. The predicted molar refractivity (Wildman–Crippen MR) is 145 cm³/mol. The second-order valence-electron chi connectivity index (χ2n) is 8.23. The Morgan fingerprint density at radius 3 is 2.38 bits per heavy atom. The molecule has 37 heavy (non-hydrogen) atoms. The first kappa shape index (κ1) is 24.0. The van der Waals surface area contributed by atoms with Gasteiger partial charge in [0.2, 0.25) is 0 Å². The van der Waals surface area contributed by atoms with Crippen LogP contribution in [0.15, 0.2) is 107 Å². The number of aromatic nitrogens is 1. The molecular formula is C29H21ClN4O3. The van der Waals surface area contributed by atoms with E-state index in [1.807, 2.05) is 48.5 Å². The molecular weight excluding hydrogens is 488 g/mol. The number of hydrogen-bond donors (Lipinski definition) is 2. The summed E-state index contributed by atoms with van der Waals surface area (Å²) in [5, 5.41) is 8.41. The maximum atomic E-state index is 13.2. The van der Waals surface area contributed by atoms with Crippen molar-refractivity contribution in [3.63, 3.8) is 0 Å². The highest BCUT2D eigenvalue weighted by atomic mass is 35.5. The fraction of sp³-hybridized carbons (Fsp3) is 0.0345. The Bertz CT molecular complexity index is 1610. The monoisotopic (exact) mass is 508 g/mol. The molecule has 0 saturated carbocycles. The molecule has 0 spiro atoms. The first-order valence-corrected chi connectivity index (χ1v) is 11.8. The van der Waals surface area contributed by atoms with Crippen LogP contribution in [-0.4, -0.2) is 22.5 Å². The number of benzene rings is 3. The molecule has 0 saturated heterocycles. The van der Waals surface area contributed by atoms with Gasteiger partial charge in [-0.05, 0) is 61.0 Å². The molecule has 0 aliphatic carbocycles. The minimum atomic E-state index is -0.351. The van der Waals surface area contributed by atoms with Crippen molar-refractivity contribution in [3.05, 3.63) is 119 Å². The van der Waals surface area contributed by atoms with Gasteiger partial charge in [0.05, 0.1) is 28.7 Å². The zero-order valence-corrected chi connectivity index (χ0v) is 20.5. The number of hydrogen-bond acceptors (Lipinski definition) is 5. The number of fused-ring (bicyclic) bond motifs is 1. The molecule has 8 heteroatoms. The van der Waals surface area contributed by atoms with E-state index in [4.69, 9.17) is 21.0 Å². The van der Waals surface area contributed by atoms with Gasteiger partial charge < -0.3 is 9.73 Å². The van der Waals surface area contributed by atoms with Crippen LogP contribution in [0.3, 0.4) is 0 Å². The van der Waals surface area contributed by atoms with Gasteiger partial charge in [0, 0.05) is 21.7 Å². The highest BCUT2D eigenvalue weighted by Gasteiger charge is 2.14. The number of carbonyl (C=O) groups is 2. The molecule has 182 valence electrons. The van der Waals surface area contributed by atoms with Crippen LogP contribution in [-0.2, 0) is 0 Å². The molecule has 0 atom stereocenters. The summed E-state index contributed by atoms with van der Waals surface area (Å²) in [5.41, 5.74) is 7.34. The molecule has 0 unspecified atom stereocenters. The highest BCUT2D eigenvalue weighted by Crippen LogP contribution is 2.26. The van der Waals surface area contributed by atoms with Crippen molar-refractivity contribution >= 4 is 45.7 Å². The van der Waals surface area contributed by atoms with Gasteiger partial charge in [-0.1, -0.05) is 54.1 Å². The fourth-order valence-electron chi connectivity index (χ4n) is 3.79. The molecule has 0 radical (unpaired) electrons. The number of furan rings is 1. The summed E-state index contributed by atoms with van der Waals surface area (Å²) >= 11 is 6.03. The third-order valence-corrected chi connectivity index (χ3v) is 5.98. The van der Waals surface area contributed by atoms with Crippen molar-refractivity contribution in [2.24, 2.45) is 5.10 Å². The SMILES string of the molecule is C/C(=N/NC(=O)c1cc(-c2ccc(Cl)cc2)nc2ccccc12)c1ccc(NC(=O)c2ccco2)cc1. The topological polar surface area (TPSA) is 96.6 Å². The van der Waals surface area contributed by atoms with Crippen molar-refractivity contribution in [1.29, 1.82) is 0 Å². The summed E-state index contributed by atoms with van der Waals surface area (Å²) in [6.45, 7) is 1.79. The first-order valence-electron chi connectivity index (χ1n) is 11.4. The number of amides is 2. The van der Waals surface area contributed by atoms with Crippen LogP contribution in [0.5, 0.6) is 0 Å². The van der Waals surface area contributed by atoms with E-state index < -0.39 is 0 Å². The first-order chi connectivity index (χ1) is 18.0. The number of hydrazone groups is 1. The maximum absolute atomic E-state index is 13.2. The summed E-state index contributed by atoms with van der Waals surface area (Å²) in [7, 11) is 0.